The Labute approximate surface area is 243 Å². The van der Waals surface area contributed by atoms with Crippen molar-refractivity contribution in [1.82, 2.24) is 14.7 Å². The molecule has 3 unspecified atom stereocenters. The number of aliphatic hydroxyl groups excluding tert-OH is 1. The third kappa shape index (κ3) is 5.22. The molecule has 6 fully saturated rings. The molecule has 2 heterocycles. The average Bonchev–Trinajstić information content (AvgIpc) is 3.24. The fourth-order valence-corrected chi connectivity index (χ4v) is 9.46. The summed E-state index contributed by atoms with van der Waals surface area (Å²) in [4.78, 5) is 23.7. The van der Waals surface area contributed by atoms with Gasteiger partial charge in [0.1, 0.15) is 5.54 Å². The molecule has 2 bridgehead atoms. The lowest BCUT2D eigenvalue weighted by Crippen LogP contribution is -2.57. The molecule has 0 radical (unpaired) electrons. The van der Waals surface area contributed by atoms with E-state index in [1.807, 2.05) is 0 Å². The highest BCUT2D eigenvalue weighted by Crippen LogP contribution is 2.62. The second kappa shape index (κ2) is 11.6. The average molecular weight is 551 g/mol. The fraction of sp³-hybridized carbons (Fsp3) is 0.794. The van der Waals surface area contributed by atoms with Crippen molar-refractivity contribution in [2.45, 2.75) is 102 Å². The van der Waals surface area contributed by atoms with Crippen molar-refractivity contribution in [2.24, 2.45) is 23.2 Å². The first-order chi connectivity index (χ1) is 19.3. The maximum absolute atomic E-state index is 14.1. The summed E-state index contributed by atoms with van der Waals surface area (Å²) in [7, 11) is 2.15. The zero-order valence-corrected chi connectivity index (χ0v) is 25.4. The first-order valence-corrected chi connectivity index (χ1v) is 16.5. The second-order valence-corrected chi connectivity index (χ2v) is 14.6. The SMILES string of the molecule is CN(CCCN1CN(c2ccccc2)C2(CCN(CCC3CCC4CC3C4(C)C)CC2)C1=O)[C@@H]1CCCC[C@H]1O. The Morgan fingerprint density at radius 2 is 1.75 bits per heavy atom. The molecule has 2 aliphatic heterocycles. The molecule has 1 amide bonds. The molecular formula is C34H54N4O2. The highest BCUT2D eigenvalue weighted by atomic mass is 16.3. The van der Waals surface area contributed by atoms with Gasteiger partial charge in [-0.2, -0.15) is 0 Å². The van der Waals surface area contributed by atoms with Crippen molar-refractivity contribution in [3.63, 3.8) is 0 Å². The minimum atomic E-state index is -0.405. The van der Waals surface area contributed by atoms with E-state index in [-0.39, 0.29) is 12.1 Å². The molecule has 2 saturated heterocycles. The van der Waals surface area contributed by atoms with E-state index < -0.39 is 5.54 Å². The summed E-state index contributed by atoms with van der Waals surface area (Å²) < 4.78 is 0. The Morgan fingerprint density at radius 1 is 1.00 bits per heavy atom. The molecule has 6 heteroatoms. The molecule has 40 heavy (non-hydrogen) atoms. The van der Waals surface area contributed by atoms with Crippen molar-refractivity contribution in [1.29, 1.82) is 0 Å². The number of rotatable bonds is 9. The quantitative estimate of drug-likeness (QED) is 0.457. The van der Waals surface area contributed by atoms with Gasteiger partial charge in [0, 0.05) is 31.4 Å². The second-order valence-electron chi connectivity index (χ2n) is 14.6. The van der Waals surface area contributed by atoms with Crippen molar-refractivity contribution < 1.29 is 9.90 Å². The third-order valence-corrected chi connectivity index (χ3v) is 12.3. The van der Waals surface area contributed by atoms with Crippen LogP contribution in [-0.4, -0.2) is 89.8 Å². The number of amides is 1. The topological polar surface area (TPSA) is 50.3 Å². The van der Waals surface area contributed by atoms with Crippen LogP contribution in [0, 0.1) is 23.2 Å². The lowest BCUT2D eigenvalue weighted by atomic mass is 9.45. The van der Waals surface area contributed by atoms with Gasteiger partial charge in [-0.1, -0.05) is 44.9 Å². The van der Waals surface area contributed by atoms with Crippen LogP contribution in [0.1, 0.15) is 84.5 Å². The summed E-state index contributed by atoms with van der Waals surface area (Å²) in [5, 5.41) is 10.5. The Bertz CT molecular complexity index is 1000. The molecule has 0 aromatic heterocycles. The van der Waals surface area contributed by atoms with Crippen LogP contribution in [-0.2, 0) is 4.79 Å². The number of para-hydroxylation sites is 1. The van der Waals surface area contributed by atoms with Crippen LogP contribution in [0.5, 0.6) is 0 Å². The molecule has 5 atom stereocenters. The van der Waals surface area contributed by atoms with Gasteiger partial charge < -0.3 is 24.7 Å². The van der Waals surface area contributed by atoms with Crippen LogP contribution in [0.15, 0.2) is 30.3 Å². The van der Waals surface area contributed by atoms with Crippen LogP contribution >= 0.6 is 0 Å². The Morgan fingerprint density at radius 3 is 2.45 bits per heavy atom. The minimum Gasteiger partial charge on any atom is -0.391 e. The summed E-state index contributed by atoms with van der Waals surface area (Å²) in [6.45, 7) is 10.7. The summed E-state index contributed by atoms with van der Waals surface area (Å²) >= 11 is 0. The van der Waals surface area contributed by atoms with Gasteiger partial charge in [-0.3, -0.25) is 4.79 Å². The molecule has 4 saturated carbocycles. The normalized spacial score (nSPS) is 33.5. The van der Waals surface area contributed by atoms with Gasteiger partial charge in [0.2, 0.25) is 5.91 Å². The molecular weight excluding hydrogens is 496 g/mol. The Kier molecular flexibility index (Phi) is 8.24. The number of benzene rings is 1. The number of likely N-dealkylation sites (tertiary alicyclic amines) is 1. The molecule has 222 valence electrons. The summed E-state index contributed by atoms with van der Waals surface area (Å²) in [5.41, 5.74) is 1.34. The van der Waals surface area contributed by atoms with Crippen LogP contribution in [0.4, 0.5) is 5.69 Å². The number of nitrogens with zero attached hydrogens (tertiary/aromatic N) is 4. The van der Waals surface area contributed by atoms with Crippen LogP contribution in [0.25, 0.3) is 0 Å². The van der Waals surface area contributed by atoms with Gasteiger partial charge in [-0.05, 0) is 113 Å². The van der Waals surface area contributed by atoms with E-state index in [0.29, 0.717) is 18.0 Å². The molecule has 4 aliphatic carbocycles. The van der Waals surface area contributed by atoms with Crippen LogP contribution < -0.4 is 4.90 Å². The number of hydrogen-bond acceptors (Lipinski definition) is 5. The molecule has 1 N–H and O–H groups in total. The van der Waals surface area contributed by atoms with Gasteiger partial charge >= 0.3 is 0 Å². The molecule has 7 rings (SSSR count). The standard InChI is InChI=1S/C34H54N4O2/c1-33(2)27-15-14-26(29(33)24-27)16-21-36-22-17-34(18-23-36)32(40)37(25-38(34)28-10-5-4-6-11-28)20-9-19-35(3)30-12-7-8-13-31(30)39/h4-6,10-11,26-27,29-31,39H,7-9,12-25H2,1-3H3/t26?,27?,29?,30-,31-/m1/s1. The zero-order chi connectivity index (χ0) is 27.9. The number of anilines is 1. The van der Waals surface area contributed by atoms with Gasteiger partial charge in [0.05, 0.1) is 12.8 Å². The predicted octanol–water partition coefficient (Wildman–Crippen LogP) is 5.22. The van der Waals surface area contributed by atoms with E-state index in [9.17, 15) is 9.90 Å². The monoisotopic (exact) mass is 550 g/mol. The third-order valence-electron chi connectivity index (χ3n) is 12.3. The molecule has 1 spiro atoms. The van der Waals surface area contributed by atoms with Crippen molar-refractivity contribution >= 4 is 11.6 Å². The van der Waals surface area contributed by atoms with Crippen LogP contribution in [0.3, 0.4) is 0 Å². The lowest BCUT2D eigenvalue weighted by molar-refractivity contribution is -0.133. The van der Waals surface area contributed by atoms with E-state index in [1.165, 1.54) is 44.3 Å². The first kappa shape index (κ1) is 28.5. The molecule has 1 aromatic carbocycles. The maximum Gasteiger partial charge on any atom is 0.250 e. The Balaban J connectivity index is 1.06. The molecule has 6 aliphatic rings. The van der Waals surface area contributed by atoms with E-state index in [0.717, 1.165) is 82.5 Å². The lowest BCUT2D eigenvalue weighted by Gasteiger charge is -2.60. The highest BCUT2D eigenvalue weighted by Gasteiger charge is 2.55. The summed E-state index contributed by atoms with van der Waals surface area (Å²) in [6, 6.07) is 10.9. The van der Waals surface area contributed by atoms with Crippen LogP contribution in [0.2, 0.25) is 0 Å². The number of hydrogen-bond donors (Lipinski definition) is 1. The largest absolute Gasteiger partial charge is 0.391 e. The number of piperidine rings is 1. The van der Waals surface area contributed by atoms with E-state index in [2.05, 4.69) is 70.8 Å². The maximum atomic E-state index is 14.1. The van der Waals surface area contributed by atoms with E-state index >= 15 is 0 Å². The van der Waals surface area contributed by atoms with Gasteiger partial charge in [0.25, 0.3) is 0 Å². The number of carbonyl (C=O) groups excluding carboxylic acids is 1. The zero-order valence-electron chi connectivity index (χ0n) is 25.4. The number of likely N-dealkylation sites (N-methyl/N-ethyl adjacent to an activating group) is 1. The van der Waals surface area contributed by atoms with Crippen molar-refractivity contribution in [3.8, 4) is 0 Å². The predicted molar refractivity (Wildman–Crippen MR) is 162 cm³/mol. The summed E-state index contributed by atoms with van der Waals surface area (Å²) in [5.74, 6) is 3.14. The number of fused-ring (bicyclic) bond motifs is 2. The first-order valence-electron chi connectivity index (χ1n) is 16.5. The van der Waals surface area contributed by atoms with E-state index in [4.69, 9.17) is 0 Å². The number of carbonyl (C=O) groups is 1. The van der Waals surface area contributed by atoms with Crippen molar-refractivity contribution in [2.75, 3.05) is 51.3 Å². The smallest absolute Gasteiger partial charge is 0.250 e. The fourth-order valence-electron chi connectivity index (χ4n) is 9.46. The van der Waals surface area contributed by atoms with Gasteiger partial charge in [-0.15, -0.1) is 0 Å². The number of aliphatic hydroxyl groups is 1. The van der Waals surface area contributed by atoms with Crippen molar-refractivity contribution in [3.05, 3.63) is 30.3 Å². The van der Waals surface area contributed by atoms with Gasteiger partial charge in [0.15, 0.2) is 0 Å². The molecule has 1 aromatic rings. The Hall–Kier alpha value is -1.63. The minimum absolute atomic E-state index is 0.204. The highest BCUT2D eigenvalue weighted by molar-refractivity contribution is 5.93. The van der Waals surface area contributed by atoms with E-state index in [1.54, 1.807) is 0 Å². The summed E-state index contributed by atoms with van der Waals surface area (Å²) in [6.07, 6.45) is 12.6. The molecule has 6 nitrogen and oxygen atoms in total. The van der Waals surface area contributed by atoms with Gasteiger partial charge in [-0.25, -0.2) is 0 Å².